The summed E-state index contributed by atoms with van der Waals surface area (Å²) in [5.41, 5.74) is 1.16. The molecule has 0 heterocycles. The molecule has 0 aromatic rings. The molecule has 0 aromatic heterocycles. The lowest BCUT2D eigenvalue weighted by Crippen LogP contribution is -2.23. The molecule has 2 saturated carbocycles. The van der Waals surface area contributed by atoms with E-state index in [1.54, 1.807) is 13.0 Å². The van der Waals surface area contributed by atoms with Crippen molar-refractivity contribution < 1.29 is 14.4 Å². The maximum atomic E-state index is 11.9. The predicted octanol–water partition coefficient (Wildman–Crippen LogP) is 4.11. The van der Waals surface area contributed by atoms with Crippen LogP contribution in [0.3, 0.4) is 0 Å². The number of fused-ring (bicyclic) bond motifs is 1. The van der Waals surface area contributed by atoms with Gasteiger partial charge in [0.05, 0.1) is 12.1 Å². The van der Waals surface area contributed by atoms with Crippen molar-refractivity contribution in [3.63, 3.8) is 0 Å². The summed E-state index contributed by atoms with van der Waals surface area (Å²) in [6.07, 6.45) is 8.43. The van der Waals surface area contributed by atoms with Gasteiger partial charge in [0.15, 0.2) is 0 Å². The fourth-order valence-electron chi connectivity index (χ4n) is 3.67. The normalized spacial score (nSPS) is 24.3. The van der Waals surface area contributed by atoms with E-state index in [0.717, 1.165) is 30.4 Å². The highest BCUT2D eigenvalue weighted by Crippen LogP contribution is 2.42. The Hall–Kier alpha value is -1.76. The minimum atomic E-state index is -0.307. The number of oxime groups is 1. The van der Waals surface area contributed by atoms with Gasteiger partial charge >= 0.3 is 5.97 Å². The van der Waals surface area contributed by atoms with E-state index < -0.39 is 0 Å². The number of carbonyl (C=O) groups excluding carboxylic acids is 1. The van der Waals surface area contributed by atoms with Crippen molar-refractivity contribution in [3.05, 3.63) is 12.7 Å². The number of hydrogen-bond donors (Lipinski definition) is 0. The largest absolute Gasteiger partial charge is 0.458 e. The van der Waals surface area contributed by atoms with Crippen LogP contribution in [0.5, 0.6) is 0 Å². The number of hydrogen-bond acceptors (Lipinski definition) is 4. The van der Waals surface area contributed by atoms with Crippen molar-refractivity contribution >= 4 is 11.7 Å². The first kappa shape index (κ1) is 18.6. The first-order valence-corrected chi connectivity index (χ1v) is 9.03. The molecule has 0 saturated heterocycles. The third-order valence-corrected chi connectivity index (χ3v) is 5.06. The smallest absolute Gasteiger partial charge is 0.309 e. The number of ether oxygens (including phenoxy) is 1. The standard InChI is InChI=1S/C20H29NO3/c1-4-6-8-15(3)19(5-2)24-20(22)11-12-23-21-18-13-16-9-7-10-17(16)14-18/h5,15-17,19H,2,7-14H2,1,3H3/t15?,16-,17-,19?/m1/s1. The van der Waals surface area contributed by atoms with Crippen LogP contribution in [0.1, 0.15) is 58.8 Å². The highest BCUT2D eigenvalue weighted by atomic mass is 16.6. The van der Waals surface area contributed by atoms with Crippen molar-refractivity contribution in [2.75, 3.05) is 6.61 Å². The molecule has 2 aliphatic carbocycles. The summed E-state index contributed by atoms with van der Waals surface area (Å²) < 4.78 is 5.44. The number of rotatable bonds is 8. The summed E-state index contributed by atoms with van der Waals surface area (Å²) in [6, 6.07) is 0. The summed E-state index contributed by atoms with van der Waals surface area (Å²) in [7, 11) is 0. The Morgan fingerprint density at radius 2 is 2.12 bits per heavy atom. The van der Waals surface area contributed by atoms with Gasteiger partial charge in [0, 0.05) is 12.3 Å². The molecular formula is C20H29NO3. The molecule has 0 amide bonds. The van der Waals surface area contributed by atoms with Crippen molar-refractivity contribution in [3.8, 4) is 11.8 Å². The van der Waals surface area contributed by atoms with Gasteiger partial charge in [-0.25, -0.2) is 0 Å². The van der Waals surface area contributed by atoms with Crippen LogP contribution in [-0.2, 0) is 14.4 Å². The second-order valence-corrected chi connectivity index (χ2v) is 6.90. The zero-order chi connectivity index (χ0) is 17.4. The minimum absolute atomic E-state index is 0.137. The van der Waals surface area contributed by atoms with E-state index in [1.807, 2.05) is 6.92 Å². The lowest BCUT2D eigenvalue weighted by Gasteiger charge is -2.19. The van der Waals surface area contributed by atoms with Crippen molar-refractivity contribution in [1.29, 1.82) is 0 Å². The van der Waals surface area contributed by atoms with Gasteiger partial charge in [-0.3, -0.25) is 4.79 Å². The average Bonchev–Trinajstić information content (AvgIpc) is 3.15. The molecule has 0 spiro atoms. The van der Waals surface area contributed by atoms with Gasteiger partial charge in [-0.2, -0.15) is 0 Å². The van der Waals surface area contributed by atoms with Crippen molar-refractivity contribution in [2.45, 2.75) is 64.9 Å². The molecule has 0 radical (unpaired) electrons. The van der Waals surface area contributed by atoms with Crippen LogP contribution in [-0.4, -0.2) is 24.4 Å². The molecular weight excluding hydrogens is 302 g/mol. The minimum Gasteiger partial charge on any atom is -0.458 e. The molecule has 0 aliphatic heterocycles. The Morgan fingerprint density at radius 1 is 1.42 bits per heavy atom. The molecule has 0 N–H and O–H groups in total. The van der Waals surface area contributed by atoms with E-state index in [0.29, 0.717) is 6.42 Å². The first-order chi connectivity index (χ1) is 11.6. The lowest BCUT2D eigenvalue weighted by atomic mass is 10.0. The molecule has 2 aliphatic rings. The molecule has 2 unspecified atom stereocenters. The van der Waals surface area contributed by atoms with E-state index in [4.69, 9.17) is 9.57 Å². The molecule has 132 valence electrons. The summed E-state index contributed by atoms with van der Waals surface area (Å²) in [5.74, 6) is 7.35. The van der Waals surface area contributed by atoms with Crippen molar-refractivity contribution in [2.24, 2.45) is 22.9 Å². The van der Waals surface area contributed by atoms with Crippen LogP contribution in [0.4, 0.5) is 0 Å². The molecule has 0 aromatic carbocycles. The number of carbonyl (C=O) groups is 1. The average molecular weight is 331 g/mol. The predicted molar refractivity (Wildman–Crippen MR) is 95.4 cm³/mol. The van der Waals surface area contributed by atoms with E-state index >= 15 is 0 Å². The van der Waals surface area contributed by atoms with Gasteiger partial charge in [0.25, 0.3) is 0 Å². The fraction of sp³-hybridized carbons (Fsp3) is 0.700. The van der Waals surface area contributed by atoms with Crippen LogP contribution in [0, 0.1) is 29.6 Å². The molecule has 0 bridgehead atoms. The quantitative estimate of drug-likeness (QED) is 0.221. The van der Waals surface area contributed by atoms with E-state index in [1.165, 1.54) is 19.3 Å². The van der Waals surface area contributed by atoms with Gasteiger partial charge in [-0.1, -0.05) is 31.2 Å². The highest BCUT2D eigenvalue weighted by molar-refractivity contribution is 5.86. The zero-order valence-electron chi connectivity index (χ0n) is 14.9. The van der Waals surface area contributed by atoms with Crippen LogP contribution in [0.25, 0.3) is 0 Å². The zero-order valence-corrected chi connectivity index (χ0v) is 14.9. The van der Waals surface area contributed by atoms with Gasteiger partial charge in [-0.05, 0) is 44.4 Å². The molecule has 4 atom stereocenters. The van der Waals surface area contributed by atoms with Gasteiger partial charge in [0.2, 0.25) is 0 Å². The Balaban J connectivity index is 1.65. The molecule has 2 fully saturated rings. The maximum Gasteiger partial charge on any atom is 0.309 e. The Kier molecular flexibility index (Phi) is 7.36. The van der Waals surface area contributed by atoms with E-state index in [2.05, 4.69) is 23.6 Å². The third-order valence-electron chi connectivity index (χ3n) is 5.06. The molecule has 4 nitrogen and oxygen atoms in total. The number of esters is 1. The molecule has 2 rings (SSSR count). The van der Waals surface area contributed by atoms with Gasteiger partial charge < -0.3 is 9.57 Å². The molecule has 24 heavy (non-hydrogen) atoms. The van der Waals surface area contributed by atoms with Gasteiger partial charge in [0.1, 0.15) is 12.7 Å². The van der Waals surface area contributed by atoms with Crippen LogP contribution in [0.2, 0.25) is 0 Å². The first-order valence-electron chi connectivity index (χ1n) is 9.03. The Labute approximate surface area is 145 Å². The van der Waals surface area contributed by atoms with Gasteiger partial charge in [-0.15, -0.1) is 11.8 Å². The summed E-state index contributed by atoms with van der Waals surface area (Å²) >= 11 is 0. The topological polar surface area (TPSA) is 47.9 Å². The summed E-state index contributed by atoms with van der Waals surface area (Å²) in [4.78, 5) is 17.2. The van der Waals surface area contributed by atoms with Crippen LogP contribution < -0.4 is 0 Å². The van der Waals surface area contributed by atoms with E-state index in [9.17, 15) is 4.79 Å². The Bertz CT molecular complexity index is 515. The highest BCUT2D eigenvalue weighted by Gasteiger charge is 2.35. The monoisotopic (exact) mass is 331 g/mol. The van der Waals surface area contributed by atoms with Crippen molar-refractivity contribution in [1.82, 2.24) is 0 Å². The lowest BCUT2D eigenvalue weighted by molar-refractivity contribution is -0.150. The van der Waals surface area contributed by atoms with Crippen LogP contribution >= 0.6 is 0 Å². The number of nitrogens with zero attached hydrogens (tertiary/aromatic N) is 1. The molecule has 4 heteroatoms. The summed E-state index contributed by atoms with van der Waals surface area (Å²) in [5, 5.41) is 4.22. The third kappa shape index (κ3) is 5.40. The summed E-state index contributed by atoms with van der Waals surface area (Å²) in [6.45, 7) is 7.82. The van der Waals surface area contributed by atoms with E-state index in [-0.39, 0.29) is 31.0 Å². The SMILES string of the molecule is C=CC(OC(=O)CCON=C1C[C@H]2CCC[C@@H]2C1)C(C)CC#CC. The maximum absolute atomic E-state index is 11.9. The Morgan fingerprint density at radius 3 is 2.75 bits per heavy atom. The van der Waals surface area contributed by atoms with Crippen LogP contribution in [0.15, 0.2) is 17.8 Å². The second-order valence-electron chi connectivity index (χ2n) is 6.90. The second kappa shape index (κ2) is 9.52. The fourth-order valence-corrected chi connectivity index (χ4v) is 3.67.